The Kier molecular flexibility index (Phi) is 81.6. The Morgan fingerprint density at radius 1 is 0.254 bits per heavy atom. The van der Waals surface area contributed by atoms with Crippen molar-refractivity contribution in [3.63, 3.8) is 0 Å². The maximum Gasteiger partial charge on any atom is 0.309 e. The van der Waals surface area contributed by atoms with Gasteiger partial charge in [0.1, 0.15) is 45.4 Å². The second-order valence-corrected chi connectivity index (χ2v) is 38.3. The molecule has 0 bridgehead atoms. The van der Waals surface area contributed by atoms with Gasteiger partial charge in [-0.3, -0.25) is 38.4 Å². The maximum atomic E-state index is 13.2. The molecule has 0 aromatic rings. The van der Waals surface area contributed by atoms with Crippen LogP contribution in [0.25, 0.3) is 0 Å². The zero-order chi connectivity index (χ0) is 86.0. The van der Waals surface area contributed by atoms with Crippen LogP contribution < -0.4 is 0 Å². The van der Waals surface area contributed by atoms with Gasteiger partial charge >= 0.3 is 41.8 Å². The van der Waals surface area contributed by atoms with Crippen LogP contribution in [0, 0.1) is 23.7 Å². The van der Waals surface area contributed by atoms with Gasteiger partial charge in [0.15, 0.2) is 0 Å². The van der Waals surface area contributed by atoms with Crippen molar-refractivity contribution in [1.29, 1.82) is 0 Å². The number of hydrogen-bond donors (Lipinski definition) is 0. The van der Waals surface area contributed by atoms with Crippen molar-refractivity contribution in [2.45, 2.75) is 364 Å². The predicted octanol–water partition coefficient (Wildman–Crippen LogP) is 21.9. The zero-order valence-corrected chi connectivity index (χ0v) is 80.2. The molecule has 0 aromatic carbocycles. The number of hydrogen-bond acceptors (Lipinski definition) is 23. The molecule has 1 heterocycles. The summed E-state index contributed by atoms with van der Waals surface area (Å²) in [6.07, 6.45) is 55.0. The Balaban J connectivity index is 2.79. The van der Waals surface area contributed by atoms with Crippen LogP contribution in [-0.4, -0.2) is 238 Å². The molecule has 0 aliphatic carbocycles. The fourth-order valence-electron chi connectivity index (χ4n) is 14.3. The number of carbonyl (C=O) groups excluding carboxylic acids is 8. The number of Topliss-reactive ketones (excluding diaryl/α,β-unsaturated/α-hetero) is 1. The van der Waals surface area contributed by atoms with Gasteiger partial charge in [0, 0.05) is 87.7 Å². The molecule has 19 nitrogen and oxygen atoms in total. The minimum absolute atomic E-state index is 0.00180. The number of piperazine rings is 1. The highest BCUT2D eigenvalue weighted by Crippen LogP contribution is 2.22. The number of nitrogens with zero attached hydrogens (tertiary/aromatic N) is 4. The lowest BCUT2D eigenvalue weighted by atomic mass is 10.0. The van der Waals surface area contributed by atoms with Gasteiger partial charge in [0.05, 0.1) is 50.0 Å². The molecule has 1 rings (SSSR count). The number of unbranched alkanes of at least 4 members (excludes halogenated alkanes) is 36. The van der Waals surface area contributed by atoms with E-state index in [4.69, 9.17) is 33.2 Å². The average molecular weight is 1740 g/mol. The molecule has 0 spiro atoms. The van der Waals surface area contributed by atoms with Crippen molar-refractivity contribution < 1.29 is 71.5 Å². The lowest BCUT2D eigenvalue weighted by Crippen LogP contribution is -2.47. The van der Waals surface area contributed by atoms with Crippen LogP contribution in [0.1, 0.15) is 364 Å². The van der Waals surface area contributed by atoms with Gasteiger partial charge in [-0.15, -0.1) is 0 Å². The van der Waals surface area contributed by atoms with Gasteiger partial charge in [0.2, 0.25) is 0 Å². The Morgan fingerprint density at radius 2 is 0.475 bits per heavy atom. The molecule has 1 aliphatic rings. The SMILES string of the molecule is CCCCCCCCCCCCSCC(C)C(=O)CCCOC(=O)CCN(CCCN1CCN(CCCN(CCC(=O)OCCOC(=O)C(C)CSCCCCCCCCCCCC)CCC(=O)OCCOC(=O)C(C)CSCCCCCCCCCCCC)CC1)CCC(=O)OCCOC(=O)C(C)CSCCCCCCCCCCCC. The first-order valence-electron chi connectivity index (χ1n) is 48.4. The molecule has 23 heteroatoms. The highest BCUT2D eigenvalue weighted by atomic mass is 32.2. The molecule has 0 amide bonds. The normalized spacial score (nSPS) is 13.7. The second kappa shape index (κ2) is 85.0. The van der Waals surface area contributed by atoms with E-state index in [1.807, 2.05) is 39.5 Å². The Bertz CT molecular complexity index is 2080. The van der Waals surface area contributed by atoms with Gasteiger partial charge in [0.25, 0.3) is 0 Å². The molecule has 118 heavy (non-hydrogen) atoms. The van der Waals surface area contributed by atoms with Crippen LogP contribution in [0.5, 0.6) is 0 Å². The molecular weight excluding hydrogens is 1570 g/mol. The third kappa shape index (κ3) is 73.5. The molecular formula is C95H178N4O15S4. The molecule has 1 fully saturated rings. The smallest absolute Gasteiger partial charge is 0.309 e. The summed E-state index contributed by atoms with van der Waals surface area (Å²) in [4.78, 5) is 113. The van der Waals surface area contributed by atoms with E-state index in [0.717, 1.165) is 100 Å². The standard InChI is InChI=1S/C95H178N4O15S4/c1-9-13-17-21-25-29-33-37-41-45-76-115-80-84(5)88(100)52-49-69-108-89(101)53-61-96(62-54-90(102)109-70-73-112-93(105)85(6)81-116-77-46-42-38-34-30-26-22-18-14-10-2)57-50-59-98-65-67-99(68-66-98)60-51-58-97(63-55-91(103)110-71-74-113-94(106)86(7)82-117-78-47-43-39-35-31-27-23-19-15-11-3)64-56-92(104)111-72-75-114-95(107)87(8)83-118-79-48-44-40-36-32-28-24-20-16-12-4/h84-87H,9-83H2,1-8H3. The fraction of sp³-hybridized carbons (Fsp3) is 0.916. The summed E-state index contributed by atoms with van der Waals surface area (Å²) in [5.41, 5.74) is 0. The number of rotatable bonds is 89. The zero-order valence-electron chi connectivity index (χ0n) is 76.9. The molecule has 0 N–H and O–H groups in total. The third-order valence-electron chi connectivity index (χ3n) is 22.3. The molecule has 4 unspecified atom stereocenters. The number of esters is 7. The van der Waals surface area contributed by atoms with Crippen molar-refractivity contribution >= 4 is 94.6 Å². The van der Waals surface area contributed by atoms with Crippen LogP contribution >= 0.6 is 47.0 Å². The van der Waals surface area contributed by atoms with Crippen molar-refractivity contribution in [2.75, 3.05) is 171 Å². The molecule has 692 valence electrons. The first-order valence-corrected chi connectivity index (χ1v) is 53.0. The van der Waals surface area contributed by atoms with Crippen molar-refractivity contribution in [3.8, 4) is 0 Å². The summed E-state index contributed by atoms with van der Waals surface area (Å²) < 4.78 is 38.8. The topological polar surface area (TPSA) is 214 Å². The predicted molar refractivity (Wildman–Crippen MR) is 498 cm³/mol. The van der Waals surface area contributed by atoms with Crippen LogP contribution in [0.4, 0.5) is 0 Å². The summed E-state index contributed by atoms with van der Waals surface area (Å²) in [6, 6.07) is 0. The molecule has 0 saturated carbocycles. The number of ether oxygens (including phenoxy) is 7. The van der Waals surface area contributed by atoms with Gasteiger partial charge in [-0.05, 0) is 94.1 Å². The average Bonchev–Trinajstić information content (AvgIpc) is 0.902. The van der Waals surface area contributed by atoms with Gasteiger partial charge in [-0.2, -0.15) is 47.0 Å². The number of thioether (sulfide) groups is 4. The van der Waals surface area contributed by atoms with Crippen molar-refractivity contribution in [3.05, 3.63) is 0 Å². The molecule has 1 saturated heterocycles. The fourth-order valence-corrected chi connectivity index (χ4v) is 18.6. The summed E-state index contributed by atoms with van der Waals surface area (Å²) in [7, 11) is 0. The van der Waals surface area contributed by atoms with Crippen LogP contribution in [0.15, 0.2) is 0 Å². The largest absolute Gasteiger partial charge is 0.466 e. The minimum Gasteiger partial charge on any atom is -0.466 e. The maximum absolute atomic E-state index is 13.2. The highest BCUT2D eigenvalue weighted by Gasteiger charge is 2.23. The van der Waals surface area contributed by atoms with E-state index in [2.05, 4.69) is 47.3 Å². The van der Waals surface area contributed by atoms with E-state index in [1.54, 1.807) is 35.3 Å². The number of ketones is 1. The van der Waals surface area contributed by atoms with E-state index in [9.17, 15) is 38.4 Å². The van der Waals surface area contributed by atoms with Gasteiger partial charge < -0.3 is 52.8 Å². The van der Waals surface area contributed by atoms with E-state index in [-0.39, 0.29) is 125 Å². The van der Waals surface area contributed by atoms with Crippen LogP contribution in [0.3, 0.4) is 0 Å². The lowest BCUT2D eigenvalue weighted by molar-refractivity contribution is -0.154. The Morgan fingerprint density at radius 3 is 0.729 bits per heavy atom. The molecule has 0 aromatic heterocycles. The highest BCUT2D eigenvalue weighted by molar-refractivity contribution is 7.99. The molecule has 0 radical (unpaired) electrons. The Hall–Kier alpha value is -2.80. The molecule has 1 aliphatic heterocycles. The monoisotopic (exact) mass is 1740 g/mol. The summed E-state index contributed by atoms with van der Waals surface area (Å²) in [5.74, 6) is 4.15. The first-order chi connectivity index (χ1) is 57.5. The second-order valence-electron chi connectivity index (χ2n) is 33.7. The lowest BCUT2D eigenvalue weighted by Gasteiger charge is -2.35. The summed E-state index contributed by atoms with van der Waals surface area (Å²) >= 11 is 7.25. The van der Waals surface area contributed by atoms with Crippen molar-refractivity contribution in [1.82, 2.24) is 19.6 Å². The quantitative estimate of drug-likeness (QED) is 0.0314. The Labute approximate surface area is 739 Å². The minimum atomic E-state index is -0.406. The van der Waals surface area contributed by atoms with Crippen LogP contribution in [-0.2, 0) is 71.5 Å². The van der Waals surface area contributed by atoms with E-state index in [1.165, 1.54) is 238 Å². The van der Waals surface area contributed by atoms with E-state index < -0.39 is 17.9 Å². The first kappa shape index (κ1) is 113. The third-order valence-corrected chi connectivity index (χ3v) is 27.5. The van der Waals surface area contributed by atoms with Gasteiger partial charge in [-0.25, -0.2) is 0 Å². The summed E-state index contributed by atoms with van der Waals surface area (Å²) in [6.45, 7) is 24.8. The van der Waals surface area contributed by atoms with E-state index in [0.29, 0.717) is 69.4 Å². The van der Waals surface area contributed by atoms with Crippen molar-refractivity contribution in [2.24, 2.45) is 23.7 Å². The molecule has 4 atom stereocenters. The number of carbonyl (C=O) groups is 8. The summed E-state index contributed by atoms with van der Waals surface area (Å²) in [5, 5.41) is 0. The van der Waals surface area contributed by atoms with Gasteiger partial charge in [-0.1, -0.05) is 287 Å². The van der Waals surface area contributed by atoms with Crippen LogP contribution in [0.2, 0.25) is 0 Å². The van der Waals surface area contributed by atoms with E-state index >= 15 is 0 Å².